The monoisotopic (exact) mass is 439 g/mol. The summed E-state index contributed by atoms with van der Waals surface area (Å²) in [5, 5.41) is 3.15. The summed E-state index contributed by atoms with van der Waals surface area (Å²) in [6.45, 7) is 6.89. The molecule has 2 aromatic rings. The van der Waals surface area contributed by atoms with Crippen molar-refractivity contribution in [2.75, 3.05) is 37.6 Å². The molecular formula is C25H34FN5O. The first-order valence-electron chi connectivity index (χ1n) is 11.9. The summed E-state index contributed by atoms with van der Waals surface area (Å²) in [7, 11) is 0. The topological polar surface area (TPSA) is 61.4 Å². The lowest BCUT2D eigenvalue weighted by molar-refractivity contribution is -0.125. The third kappa shape index (κ3) is 5.82. The molecule has 2 fully saturated rings. The van der Waals surface area contributed by atoms with Gasteiger partial charge in [0.15, 0.2) is 0 Å². The highest BCUT2D eigenvalue weighted by Crippen LogP contribution is 2.23. The van der Waals surface area contributed by atoms with Gasteiger partial charge in [0.05, 0.1) is 0 Å². The Bertz CT molecular complexity index is 865. The lowest BCUT2D eigenvalue weighted by Crippen LogP contribution is -2.42. The van der Waals surface area contributed by atoms with Crippen LogP contribution in [0.2, 0.25) is 0 Å². The Labute approximate surface area is 190 Å². The molecule has 0 radical (unpaired) electrons. The van der Waals surface area contributed by atoms with Crippen molar-refractivity contribution in [2.45, 2.75) is 51.5 Å². The summed E-state index contributed by atoms with van der Waals surface area (Å²) in [5.74, 6) is 0.683. The van der Waals surface area contributed by atoms with Gasteiger partial charge in [0.25, 0.3) is 0 Å². The minimum absolute atomic E-state index is 0.0682. The van der Waals surface area contributed by atoms with Gasteiger partial charge in [-0.3, -0.25) is 4.79 Å². The molecule has 1 amide bonds. The van der Waals surface area contributed by atoms with Crippen LogP contribution in [0.5, 0.6) is 0 Å². The van der Waals surface area contributed by atoms with Crippen LogP contribution in [0, 0.1) is 11.7 Å². The molecule has 1 N–H and O–H groups in total. The lowest BCUT2D eigenvalue weighted by Gasteiger charge is -2.33. The quantitative estimate of drug-likeness (QED) is 0.664. The van der Waals surface area contributed by atoms with Gasteiger partial charge in [-0.2, -0.15) is 0 Å². The minimum Gasteiger partial charge on any atom is -0.356 e. The van der Waals surface area contributed by atoms with Gasteiger partial charge in [0, 0.05) is 56.1 Å². The van der Waals surface area contributed by atoms with E-state index in [0.29, 0.717) is 12.0 Å². The molecule has 1 aromatic carbocycles. The first kappa shape index (κ1) is 22.6. The van der Waals surface area contributed by atoms with Crippen molar-refractivity contribution in [1.29, 1.82) is 0 Å². The second-order valence-electron chi connectivity index (χ2n) is 9.07. The number of carbonyl (C=O) groups excluding carboxylic acids is 1. The average Bonchev–Trinajstić information content (AvgIpc) is 2.83. The Kier molecular flexibility index (Phi) is 7.68. The van der Waals surface area contributed by atoms with Crippen LogP contribution in [0.4, 0.5) is 10.3 Å². The Morgan fingerprint density at radius 3 is 2.44 bits per heavy atom. The van der Waals surface area contributed by atoms with E-state index in [4.69, 9.17) is 0 Å². The molecular weight excluding hydrogens is 405 g/mol. The smallest absolute Gasteiger partial charge is 0.225 e. The first-order valence-corrected chi connectivity index (χ1v) is 11.9. The number of aromatic nitrogens is 2. The van der Waals surface area contributed by atoms with E-state index < -0.39 is 0 Å². The minimum atomic E-state index is -0.255. The summed E-state index contributed by atoms with van der Waals surface area (Å²) in [6.07, 6.45) is 10.1. The fraction of sp³-hybridized carbons (Fsp3) is 0.560. The number of rotatable bonds is 7. The van der Waals surface area contributed by atoms with Gasteiger partial charge in [-0.25, -0.2) is 14.4 Å². The molecule has 2 aliphatic rings. The normalized spacial score (nSPS) is 20.3. The Hall–Kier alpha value is -2.54. The van der Waals surface area contributed by atoms with E-state index in [-0.39, 0.29) is 17.6 Å². The molecule has 2 aliphatic heterocycles. The van der Waals surface area contributed by atoms with E-state index in [0.717, 1.165) is 56.6 Å². The zero-order valence-corrected chi connectivity index (χ0v) is 19.0. The molecule has 1 atom stereocenters. The van der Waals surface area contributed by atoms with Crippen molar-refractivity contribution in [3.8, 4) is 11.1 Å². The predicted octanol–water partition coefficient (Wildman–Crippen LogP) is 3.88. The SMILES string of the molecule is CC1CCCCN1CCCNC(=O)C1CCN(c2ncc(-c3ccc(F)cc3)cn2)CC1. The molecule has 1 aromatic heterocycles. The molecule has 4 rings (SSSR count). The van der Waals surface area contributed by atoms with E-state index >= 15 is 0 Å². The van der Waals surface area contributed by atoms with Crippen molar-refractivity contribution < 1.29 is 9.18 Å². The molecule has 1 unspecified atom stereocenters. The maximum Gasteiger partial charge on any atom is 0.225 e. The number of carbonyl (C=O) groups is 1. The van der Waals surface area contributed by atoms with Crippen LogP contribution in [0.15, 0.2) is 36.7 Å². The van der Waals surface area contributed by atoms with Gasteiger partial charge >= 0.3 is 0 Å². The van der Waals surface area contributed by atoms with E-state index in [1.165, 1.54) is 37.9 Å². The molecule has 32 heavy (non-hydrogen) atoms. The largest absolute Gasteiger partial charge is 0.356 e. The molecule has 0 spiro atoms. The van der Waals surface area contributed by atoms with Gasteiger partial charge in [0.2, 0.25) is 11.9 Å². The summed E-state index contributed by atoms with van der Waals surface area (Å²) >= 11 is 0. The van der Waals surface area contributed by atoms with Gasteiger partial charge < -0.3 is 15.1 Å². The molecule has 7 heteroatoms. The fourth-order valence-corrected chi connectivity index (χ4v) is 4.75. The van der Waals surface area contributed by atoms with Crippen LogP contribution in [-0.4, -0.2) is 59.5 Å². The zero-order valence-electron chi connectivity index (χ0n) is 19.0. The van der Waals surface area contributed by atoms with Gasteiger partial charge in [-0.05, 0) is 63.3 Å². The number of piperidine rings is 2. The number of nitrogens with zero attached hydrogens (tertiary/aromatic N) is 4. The summed E-state index contributed by atoms with van der Waals surface area (Å²) in [6, 6.07) is 7.01. The van der Waals surface area contributed by atoms with E-state index in [1.807, 2.05) is 0 Å². The number of hydrogen-bond donors (Lipinski definition) is 1. The van der Waals surface area contributed by atoms with Crippen molar-refractivity contribution in [2.24, 2.45) is 5.92 Å². The van der Waals surface area contributed by atoms with Crippen molar-refractivity contribution >= 4 is 11.9 Å². The summed E-state index contributed by atoms with van der Waals surface area (Å²) in [5.41, 5.74) is 1.75. The second-order valence-corrected chi connectivity index (χ2v) is 9.07. The molecule has 2 saturated heterocycles. The zero-order chi connectivity index (χ0) is 22.3. The highest BCUT2D eigenvalue weighted by Gasteiger charge is 2.26. The summed E-state index contributed by atoms with van der Waals surface area (Å²) < 4.78 is 13.1. The number of hydrogen-bond acceptors (Lipinski definition) is 5. The van der Waals surface area contributed by atoms with Crippen LogP contribution in [0.25, 0.3) is 11.1 Å². The van der Waals surface area contributed by atoms with Gasteiger partial charge in [-0.1, -0.05) is 18.6 Å². The Morgan fingerprint density at radius 1 is 1.03 bits per heavy atom. The molecule has 0 bridgehead atoms. The van der Waals surface area contributed by atoms with Crippen LogP contribution in [0.1, 0.15) is 45.4 Å². The predicted molar refractivity (Wildman–Crippen MR) is 125 cm³/mol. The molecule has 6 nitrogen and oxygen atoms in total. The maximum absolute atomic E-state index is 13.1. The highest BCUT2D eigenvalue weighted by molar-refractivity contribution is 5.78. The standard InChI is InChI=1S/C25H34FN5O/c1-19-5-2-3-13-30(19)14-4-12-27-24(32)21-10-15-31(16-11-21)25-28-17-22(18-29-25)20-6-8-23(26)9-7-20/h6-9,17-19,21H,2-5,10-16H2,1H3,(H,27,32). The van der Waals surface area contributed by atoms with Gasteiger partial charge in [0.1, 0.15) is 5.82 Å². The fourth-order valence-electron chi connectivity index (χ4n) is 4.75. The maximum atomic E-state index is 13.1. The van der Waals surface area contributed by atoms with Crippen LogP contribution < -0.4 is 10.2 Å². The number of anilines is 1. The Morgan fingerprint density at radius 2 is 1.75 bits per heavy atom. The van der Waals surface area contributed by atoms with Crippen molar-refractivity contribution in [1.82, 2.24) is 20.2 Å². The van der Waals surface area contributed by atoms with Crippen LogP contribution in [0.3, 0.4) is 0 Å². The summed E-state index contributed by atoms with van der Waals surface area (Å²) in [4.78, 5) is 26.3. The van der Waals surface area contributed by atoms with Crippen LogP contribution >= 0.6 is 0 Å². The molecule has 0 saturated carbocycles. The Balaban J connectivity index is 1.19. The number of amides is 1. The highest BCUT2D eigenvalue weighted by atomic mass is 19.1. The number of likely N-dealkylation sites (tertiary alicyclic amines) is 1. The average molecular weight is 440 g/mol. The third-order valence-electron chi connectivity index (χ3n) is 6.83. The van der Waals surface area contributed by atoms with Gasteiger partial charge in [-0.15, -0.1) is 0 Å². The van der Waals surface area contributed by atoms with Crippen LogP contribution in [-0.2, 0) is 4.79 Å². The van der Waals surface area contributed by atoms with E-state index in [9.17, 15) is 9.18 Å². The van der Waals surface area contributed by atoms with E-state index in [1.54, 1.807) is 24.5 Å². The molecule has 0 aliphatic carbocycles. The van der Waals surface area contributed by atoms with Crippen molar-refractivity contribution in [3.63, 3.8) is 0 Å². The second kappa shape index (κ2) is 10.9. The first-order chi connectivity index (χ1) is 15.6. The number of nitrogens with one attached hydrogen (secondary N) is 1. The lowest BCUT2D eigenvalue weighted by atomic mass is 9.96. The van der Waals surface area contributed by atoms with E-state index in [2.05, 4.69) is 32.0 Å². The third-order valence-corrected chi connectivity index (χ3v) is 6.83. The molecule has 172 valence electrons. The number of halogens is 1. The number of benzene rings is 1. The molecule has 3 heterocycles. The van der Waals surface area contributed by atoms with Crippen molar-refractivity contribution in [3.05, 3.63) is 42.5 Å².